The fourth-order valence-corrected chi connectivity index (χ4v) is 4.65. The number of hydrogen-bond donors (Lipinski definition) is 2. The van der Waals surface area contributed by atoms with E-state index in [2.05, 4.69) is 10.6 Å². The van der Waals surface area contributed by atoms with E-state index in [4.69, 9.17) is 19.4 Å². The molecule has 1 atom stereocenters. The molecule has 10 heteroatoms. The summed E-state index contributed by atoms with van der Waals surface area (Å²) in [6.45, 7) is 3.82. The fourth-order valence-electron chi connectivity index (χ4n) is 3.93. The number of ether oxygens (including phenoxy) is 2. The number of thiophene rings is 1. The lowest BCUT2D eigenvalue weighted by atomic mass is 10.1. The van der Waals surface area contributed by atoms with Crippen LogP contribution in [0.15, 0.2) is 66.0 Å². The van der Waals surface area contributed by atoms with Crippen molar-refractivity contribution >= 4 is 51.7 Å². The molecule has 0 aliphatic heterocycles. The van der Waals surface area contributed by atoms with Gasteiger partial charge in [-0.25, -0.2) is 14.8 Å². The maximum Gasteiger partial charge on any atom is 0.328 e. The Kier molecular flexibility index (Phi) is 9.58. The first-order valence-corrected chi connectivity index (χ1v) is 13.6. The van der Waals surface area contributed by atoms with Crippen molar-refractivity contribution < 1.29 is 23.9 Å². The van der Waals surface area contributed by atoms with Crippen LogP contribution in [-0.4, -0.2) is 47.1 Å². The van der Waals surface area contributed by atoms with Gasteiger partial charge in [0.1, 0.15) is 11.7 Å². The minimum atomic E-state index is -0.926. The normalized spacial score (nSPS) is 11.5. The molecule has 4 aromatic rings. The summed E-state index contributed by atoms with van der Waals surface area (Å²) in [5.41, 5.74) is 3.92. The van der Waals surface area contributed by atoms with Crippen molar-refractivity contribution in [1.29, 1.82) is 0 Å². The van der Waals surface area contributed by atoms with E-state index in [0.717, 1.165) is 32.9 Å². The number of esters is 2. The maximum absolute atomic E-state index is 12.7. The van der Waals surface area contributed by atoms with Gasteiger partial charge in [-0.1, -0.05) is 30.3 Å². The summed E-state index contributed by atoms with van der Waals surface area (Å²) in [6, 6.07) is 18.2. The van der Waals surface area contributed by atoms with Crippen LogP contribution in [0.25, 0.3) is 21.6 Å². The third kappa shape index (κ3) is 7.61. The van der Waals surface area contributed by atoms with Crippen molar-refractivity contribution in [2.45, 2.75) is 39.2 Å². The molecule has 2 aromatic heterocycles. The highest BCUT2D eigenvalue weighted by molar-refractivity contribution is 7.13. The van der Waals surface area contributed by atoms with Crippen LogP contribution in [-0.2, 0) is 30.3 Å². The van der Waals surface area contributed by atoms with E-state index in [-0.39, 0.29) is 38.4 Å². The number of hydrogen-bond acceptors (Lipinski definition) is 9. The number of rotatable bonds is 12. The van der Waals surface area contributed by atoms with Gasteiger partial charge in [0.15, 0.2) is 5.82 Å². The van der Waals surface area contributed by atoms with Gasteiger partial charge in [-0.05, 0) is 61.5 Å². The molecule has 0 unspecified atom stereocenters. The van der Waals surface area contributed by atoms with E-state index in [1.165, 1.54) is 0 Å². The summed E-state index contributed by atoms with van der Waals surface area (Å²) in [6.07, 6.45) is 0.167. The number of nitrogens with one attached hydrogen (secondary N) is 2. The zero-order valence-electron chi connectivity index (χ0n) is 21.8. The van der Waals surface area contributed by atoms with Crippen LogP contribution in [0.2, 0.25) is 0 Å². The van der Waals surface area contributed by atoms with E-state index in [1.807, 2.05) is 66.0 Å². The lowest BCUT2D eigenvalue weighted by molar-refractivity contribution is -0.148. The molecule has 202 valence electrons. The Hall–Kier alpha value is -4.31. The molecule has 0 saturated carbocycles. The molecule has 2 N–H and O–H groups in total. The average Bonchev–Trinajstić information content (AvgIpc) is 3.47. The third-order valence-corrected chi connectivity index (χ3v) is 6.63. The van der Waals surface area contributed by atoms with Gasteiger partial charge < -0.3 is 20.1 Å². The second-order valence-electron chi connectivity index (χ2n) is 8.60. The van der Waals surface area contributed by atoms with Crippen LogP contribution in [0.3, 0.4) is 0 Å². The smallest absolute Gasteiger partial charge is 0.328 e. The fraction of sp³-hybridized carbons (Fsp3) is 0.276. The number of aromatic nitrogens is 2. The summed E-state index contributed by atoms with van der Waals surface area (Å²) in [5, 5.41) is 8.05. The zero-order chi connectivity index (χ0) is 27.6. The minimum absolute atomic E-state index is 0.00307. The third-order valence-electron chi connectivity index (χ3n) is 5.76. The summed E-state index contributed by atoms with van der Waals surface area (Å²) in [4.78, 5) is 47.4. The standard InChI is InChI=1S/C29H30N4O5S/c1-3-37-26(35)16-15-23(29(36)38-4-2)31-25(34)18-19-11-13-20(14-12-19)30-28-27(24-10-7-17-39-24)32-21-8-5-6-9-22(21)33-28/h5-14,17,23H,3-4,15-16,18H2,1-2H3,(H,30,33)(H,31,34)/t23-/m0/s1. The van der Waals surface area contributed by atoms with Crippen LogP contribution in [0.4, 0.5) is 11.5 Å². The number of anilines is 2. The lowest BCUT2D eigenvalue weighted by Gasteiger charge is -2.17. The van der Waals surface area contributed by atoms with Crippen LogP contribution < -0.4 is 10.6 Å². The second kappa shape index (κ2) is 13.5. The molecule has 0 radical (unpaired) electrons. The highest BCUT2D eigenvalue weighted by atomic mass is 32.1. The van der Waals surface area contributed by atoms with Gasteiger partial charge in [0.05, 0.1) is 35.5 Å². The first-order chi connectivity index (χ1) is 19.0. The van der Waals surface area contributed by atoms with E-state index >= 15 is 0 Å². The molecule has 39 heavy (non-hydrogen) atoms. The topological polar surface area (TPSA) is 120 Å². The first kappa shape index (κ1) is 27.7. The highest BCUT2D eigenvalue weighted by Gasteiger charge is 2.23. The number of benzene rings is 2. The Bertz CT molecular complexity index is 1420. The molecule has 0 fully saturated rings. The second-order valence-corrected chi connectivity index (χ2v) is 9.55. The highest BCUT2D eigenvalue weighted by Crippen LogP contribution is 2.32. The average molecular weight is 547 g/mol. The van der Waals surface area contributed by atoms with Crippen LogP contribution in [0.5, 0.6) is 0 Å². The Morgan fingerprint density at radius 2 is 1.62 bits per heavy atom. The van der Waals surface area contributed by atoms with Gasteiger partial charge in [-0.15, -0.1) is 11.3 Å². The number of carbonyl (C=O) groups is 3. The molecular weight excluding hydrogens is 516 g/mol. The number of nitrogens with zero attached hydrogens (tertiary/aromatic N) is 2. The quantitative estimate of drug-likeness (QED) is 0.237. The Balaban J connectivity index is 1.43. The summed E-state index contributed by atoms with van der Waals surface area (Å²) >= 11 is 1.59. The molecule has 0 aliphatic carbocycles. The van der Waals surface area contributed by atoms with Gasteiger partial charge >= 0.3 is 11.9 Å². The van der Waals surface area contributed by atoms with Gasteiger partial charge in [0.25, 0.3) is 0 Å². The van der Waals surface area contributed by atoms with Crippen molar-refractivity contribution in [3.05, 3.63) is 71.6 Å². The monoisotopic (exact) mass is 546 g/mol. The molecule has 0 aliphatic rings. The first-order valence-electron chi connectivity index (χ1n) is 12.7. The SMILES string of the molecule is CCOC(=O)CC[C@H](NC(=O)Cc1ccc(Nc2nc3ccccc3nc2-c2cccs2)cc1)C(=O)OCC. The zero-order valence-corrected chi connectivity index (χ0v) is 22.6. The lowest BCUT2D eigenvalue weighted by Crippen LogP contribution is -2.43. The van der Waals surface area contributed by atoms with Gasteiger partial charge in [-0.2, -0.15) is 0 Å². The van der Waals surface area contributed by atoms with Gasteiger partial charge in [-0.3, -0.25) is 9.59 Å². The van der Waals surface area contributed by atoms with Crippen molar-refractivity contribution in [3.8, 4) is 10.6 Å². The Morgan fingerprint density at radius 3 is 2.28 bits per heavy atom. The predicted molar refractivity (Wildman–Crippen MR) is 151 cm³/mol. The molecule has 2 heterocycles. The largest absolute Gasteiger partial charge is 0.466 e. The van der Waals surface area contributed by atoms with Crippen molar-refractivity contribution in [3.63, 3.8) is 0 Å². The molecule has 1 amide bonds. The number of amides is 1. The molecule has 0 spiro atoms. The van der Waals surface area contributed by atoms with Gasteiger partial charge in [0, 0.05) is 12.1 Å². The maximum atomic E-state index is 12.7. The number of carbonyl (C=O) groups excluding carboxylic acids is 3. The summed E-state index contributed by atoms with van der Waals surface area (Å²) < 4.78 is 9.98. The van der Waals surface area contributed by atoms with E-state index in [1.54, 1.807) is 25.2 Å². The van der Waals surface area contributed by atoms with E-state index in [0.29, 0.717) is 5.82 Å². The van der Waals surface area contributed by atoms with Gasteiger partial charge in [0.2, 0.25) is 5.91 Å². The number of para-hydroxylation sites is 2. The predicted octanol–water partition coefficient (Wildman–Crippen LogP) is 5.04. The minimum Gasteiger partial charge on any atom is -0.466 e. The van der Waals surface area contributed by atoms with Crippen molar-refractivity contribution in [1.82, 2.24) is 15.3 Å². The Labute approximate surface area is 230 Å². The van der Waals surface area contributed by atoms with Crippen molar-refractivity contribution in [2.24, 2.45) is 0 Å². The molecule has 9 nitrogen and oxygen atoms in total. The van der Waals surface area contributed by atoms with Crippen LogP contribution in [0, 0.1) is 0 Å². The molecule has 0 bridgehead atoms. The summed E-state index contributed by atoms with van der Waals surface area (Å²) in [7, 11) is 0. The summed E-state index contributed by atoms with van der Waals surface area (Å²) in [5.74, 6) is -0.714. The van der Waals surface area contributed by atoms with Crippen LogP contribution in [0.1, 0.15) is 32.3 Å². The Morgan fingerprint density at radius 1 is 0.897 bits per heavy atom. The molecular formula is C29H30N4O5S. The molecule has 0 saturated heterocycles. The van der Waals surface area contributed by atoms with Crippen molar-refractivity contribution in [2.75, 3.05) is 18.5 Å². The van der Waals surface area contributed by atoms with Crippen LogP contribution >= 0.6 is 11.3 Å². The number of fused-ring (bicyclic) bond motifs is 1. The van der Waals surface area contributed by atoms with E-state index in [9.17, 15) is 14.4 Å². The van der Waals surface area contributed by atoms with E-state index < -0.39 is 18.0 Å². The molecule has 4 rings (SSSR count). The molecule has 2 aromatic carbocycles.